The van der Waals surface area contributed by atoms with E-state index in [1.54, 1.807) is 6.07 Å². The van der Waals surface area contributed by atoms with Gasteiger partial charge in [-0.3, -0.25) is 0 Å². The van der Waals surface area contributed by atoms with Crippen LogP contribution in [-0.4, -0.2) is 11.8 Å². The van der Waals surface area contributed by atoms with E-state index in [1.165, 1.54) is 0 Å². The molecule has 1 aromatic carbocycles. The van der Waals surface area contributed by atoms with Crippen LogP contribution < -0.4 is 5.32 Å². The highest BCUT2D eigenvalue weighted by atomic mass is 35.5. The van der Waals surface area contributed by atoms with Crippen LogP contribution in [0.15, 0.2) is 18.2 Å². The molecule has 2 nitrogen and oxygen atoms in total. The zero-order valence-corrected chi connectivity index (χ0v) is 7.02. The van der Waals surface area contributed by atoms with Crippen molar-refractivity contribution in [3.8, 4) is 0 Å². The summed E-state index contributed by atoms with van der Waals surface area (Å²) >= 11 is 5.73. The highest BCUT2D eigenvalue weighted by Gasteiger charge is 1.95. The van der Waals surface area contributed by atoms with E-state index in [2.05, 4.69) is 5.32 Å². The normalized spacial score (nSPS) is 9.73. The Morgan fingerprint density at radius 2 is 2.27 bits per heavy atom. The lowest BCUT2D eigenvalue weighted by molar-refractivity contribution is 0.325. The molecule has 0 atom stereocenters. The third-order valence-corrected chi connectivity index (χ3v) is 1.69. The van der Waals surface area contributed by atoms with Crippen molar-refractivity contribution in [3.05, 3.63) is 28.8 Å². The molecule has 0 fully saturated rings. The van der Waals surface area contributed by atoms with Crippen molar-refractivity contribution in [1.82, 2.24) is 0 Å². The minimum absolute atomic E-state index is 0.0531. The van der Waals surface area contributed by atoms with Crippen LogP contribution >= 0.6 is 11.6 Å². The summed E-state index contributed by atoms with van der Waals surface area (Å²) in [6.07, 6.45) is 0. The topological polar surface area (TPSA) is 32.3 Å². The van der Waals surface area contributed by atoms with E-state index in [0.29, 0.717) is 5.02 Å². The minimum atomic E-state index is -0.0531. The Morgan fingerprint density at radius 3 is 2.82 bits per heavy atom. The van der Waals surface area contributed by atoms with Crippen molar-refractivity contribution < 1.29 is 5.11 Å². The molecule has 3 heteroatoms. The van der Waals surface area contributed by atoms with E-state index in [9.17, 15) is 0 Å². The Morgan fingerprint density at radius 1 is 1.55 bits per heavy atom. The van der Waals surface area contributed by atoms with Gasteiger partial charge in [0.2, 0.25) is 0 Å². The molecule has 0 aromatic heterocycles. The number of rotatable bonds is 2. The maximum absolute atomic E-state index is 8.57. The lowest BCUT2D eigenvalue weighted by atomic mass is 10.2. The SMILES string of the molecule is Cc1cc(Cl)ccc1NCO. The molecule has 0 aliphatic rings. The maximum atomic E-state index is 8.57. The van der Waals surface area contributed by atoms with Gasteiger partial charge in [-0.15, -0.1) is 0 Å². The molecule has 0 radical (unpaired) electrons. The van der Waals surface area contributed by atoms with E-state index in [-0.39, 0.29) is 6.73 Å². The number of aryl methyl sites for hydroxylation is 1. The van der Waals surface area contributed by atoms with Gasteiger partial charge in [0.1, 0.15) is 6.73 Å². The predicted molar refractivity (Wildman–Crippen MR) is 46.9 cm³/mol. The highest BCUT2D eigenvalue weighted by Crippen LogP contribution is 2.18. The molecule has 1 aromatic rings. The van der Waals surface area contributed by atoms with Crippen molar-refractivity contribution in [2.75, 3.05) is 12.0 Å². The van der Waals surface area contributed by atoms with Crippen LogP contribution in [0.5, 0.6) is 0 Å². The summed E-state index contributed by atoms with van der Waals surface area (Å²) in [6, 6.07) is 5.47. The first-order valence-corrected chi connectivity index (χ1v) is 3.72. The van der Waals surface area contributed by atoms with Gasteiger partial charge in [-0.05, 0) is 30.7 Å². The van der Waals surface area contributed by atoms with Crippen molar-refractivity contribution in [2.45, 2.75) is 6.92 Å². The lowest BCUT2D eigenvalue weighted by Gasteiger charge is -2.05. The molecule has 0 spiro atoms. The average molecular weight is 172 g/mol. The number of hydrogen-bond donors (Lipinski definition) is 2. The van der Waals surface area contributed by atoms with Crippen LogP contribution in [0.2, 0.25) is 5.02 Å². The van der Waals surface area contributed by atoms with Crippen LogP contribution in [-0.2, 0) is 0 Å². The molecule has 60 valence electrons. The number of nitrogens with one attached hydrogen (secondary N) is 1. The smallest absolute Gasteiger partial charge is 0.113 e. The molecule has 11 heavy (non-hydrogen) atoms. The number of aliphatic hydroxyl groups excluding tert-OH is 1. The van der Waals surface area contributed by atoms with Gasteiger partial charge < -0.3 is 10.4 Å². The summed E-state index contributed by atoms with van der Waals surface area (Å²) in [5.74, 6) is 0. The van der Waals surface area contributed by atoms with Crippen LogP contribution in [0.4, 0.5) is 5.69 Å². The second-order valence-electron chi connectivity index (χ2n) is 2.29. The van der Waals surface area contributed by atoms with Crippen molar-refractivity contribution >= 4 is 17.3 Å². The fourth-order valence-electron chi connectivity index (χ4n) is 0.911. The first-order chi connectivity index (χ1) is 5.24. The number of anilines is 1. The van der Waals surface area contributed by atoms with E-state index in [1.807, 2.05) is 19.1 Å². The number of halogens is 1. The minimum Gasteiger partial charge on any atom is -0.377 e. The monoisotopic (exact) mass is 171 g/mol. The van der Waals surface area contributed by atoms with E-state index in [4.69, 9.17) is 16.7 Å². The van der Waals surface area contributed by atoms with Gasteiger partial charge in [0.25, 0.3) is 0 Å². The number of hydrogen-bond acceptors (Lipinski definition) is 2. The zero-order chi connectivity index (χ0) is 8.27. The van der Waals surface area contributed by atoms with Gasteiger partial charge in [0.05, 0.1) is 0 Å². The summed E-state index contributed by atoms with van der Waals surface area (Å²) in [4.78, 5) is 0. The molecule has 0 unspecified atom stereocenters. The number of aliphatic hydroxyl groups is 1. The molecular weight excluding hydrogens is 162 g/mol. The molecule has 0 saturated heterocycles. The average Bonchev–Trinajstić information content (AvgIpc) is 1.95. The molecule has 0 amide bonds. The van der Waals surface area contributed by atoms with Gasteiger partial charge in [0.15, 0.2) is 0 Å². The van der Waals surface area contributed by atoms with Gasteiger partial charge in [-0.1, -0.05) is 11.6 Å². The summed E-state index contributed by atoms with van der Waals surface area (Å²) in [5.41, 5.74) is 1.95. The number of benzene rings is 1. The van der Waals surface area contributed by atoms with Crippen LogP contribution in [0.25, 0.3) is 0 Å². The molecule has 0 bridgehead atoms. The summed E-state index contributed by atoms with van der Waals surface area (Å²) in [7, 11) is 0. The van der Waals surface area contributed by atoms with Gasteiger partial charge >= 0.3 is 0 Å². The lowest BCUT2D eigenvalue weighted by Crippen LogP contribution is -2.00. The standard InChI is InChI=1S/C8H10ClNO/c1-6-4-7(9)2-3-8(6)10-5-11/h2-4,10-11H,5H2,1H3. The summed E-state index contributed by atoms with van der Waals surface area (Å²) < 4.78 is 0. The quantitative estimate of drug-likeness (QED) is 0.668. The predicted octanol–water partition coefficient (Wildman–Crippen LogP) is 2.01. The Kier molecular flexibility index (Phi) is 2.74. The summed E-state index contributed by atoms with van der Waals surface area (Å²) in [5, 5.41) is 12.1. The third-order valence-electron chi connectivity index (χ3n) is 1.46. The fourth-order valence-corrected chi connectivity index (χ4v) is 1.14. The van der Waals surface area contributed by atoms with Gasteiger partial charge in [-0.2, -0.15) is 0 Å². The van der Waals surface area contributed by atoms with Crippen LogP contribution in [0, 0.1) is 6.92 Å². The second kappa shape index (κ2) is 3.60. The van der Waals surface area contributed by atoms with E-state index < -0.39 is 0 Å². The first kappa shape index (κ1) is 8.37. The van der Waals surface area contributed by atoms with Gasteiger partial charge in [0, 0.05) is 10.7 Å². The molecule has 0 aliphatic heterocycles. The zero-order valence-electron chi connectivity index (χ0n) is 6.26. The highest BCUT2D eigenvalue weighted by molar-refractivity contribution is 6.30. The Labute approximate surface area is 70.8 Å². The van der Waals surface area contributed by atoms with Crippen molar-refractivity contribution in [3.63, 3.8) is 0 Å². The Balaban J connectivity index is 2.90. The molecule has 0 saturated carbocycles. The second-order valence-corrected chi connectivity index (χ2v) is 2.73. The largest absolute Gasteiger partial charge is 0.377 e. The molecular formula is C8H10ClNO. The van der Waals surface area contributed by atoms with E-state index in [0.717, 1.165) is 11.3 Å². The Bertz CT molecular complexity index is 250. The van der Waals surface area contributed by atoms with Crippen LogP contribution in [0.3, 0.4) is 0 Å². The van der Waals surface area contributed by atoms with Gasteiger partial charge in [-0.25, -0.2) is 0 Å². The van der Waals surface area contributed by atoms with Crippen LogP contribution in [0.1, 0.15) is 5.56 Å². The Hall–Kier alpha value is -0.730. The summed E-state index contributed by atoms with van der Waals surface area (Å²) in [6.45, 7) is 1.88. The molecule has 0 heterocycles. The van der Waals surface area contributed by atoms with Crippen molar-refractivity contribution in [2.24, 2.45) is 0 Å². The third kappa shape index (κ3) is 2.10. The fraction of sp³-hybridized carbons (Fsp3) is 0.250. The molecule has 2 N–H and O–H groups in total. The molecule has 0 aliphatic carbocycles. The van der Waals surface area contributed by atoms with E-state index >= 15 is 0 Å². The molecule has 1 rings (SSSR count). The maximum Gasteiger partial charge on any atom is 0.113 e. The van der Waals surface area contributed by atoms with Crippen molar-refractivity contribution in [1.29, 1.82) is 0 Å². The first-order valence-electron chi connectivity index (χ1n) is 3.35.